The van der Waals surface area contributed by atoms with Crippen molar-refractivity contribution in [2.45, 2.75) is 19.9 Å². The number of carbonyl (C=O) groups is 1. The smallest absolute Gasteiger partial charge is 0.211 e. The Hall–Kier alpha value is -1.62. The summed E-state index contributed by atoms with van der Waals surface area (Å²) in [6, 6.07) is 6.92. The van der Waals surface area contributed by atoms with E-state index in [1.807, 2.05) is 0 Å². The van der Waals surface area contributed by atoms with Crippen LogP contribution >= 0.6 is 15.9 Å². The summed E-state index contributed by atoms with van der Waals surface area (Å²) in [6.07, 6.45) is 2.59. The van der Waals surface area contributed by atoms with E-state index in [1.54, 1.807) is 35.1 Å². The molecule has 1 aromatic carbocycles. The summed E-state index contributed by atoms with van der Waals surface area (Å²) >= 11 is 3.33. The molecule has 0 atom stereocenters. The van der Waals surface area contributed by atoms with Crippen molar-refractivity contribution in [3.8, 4) is 0 Å². The zero-order chi connectivity index (χ0) is 13.1. The zero-order valence-electron chi connectivity index (χ0n) is 10.1. The third-order valence-corrected chi connectivity index (χ3v) is 3.33. The predicted octanol–water partition coefficient (Wildman–Crippen LogP) is 2.87. The number of hydrogen-bond donors (Lipinski definition) is 1. The Balaban J connectivity index is 2.35. The van der Waals surface area contributed by atoms with Crippen molar-refractivity contribution in [2.75, 3.05) is 5.73 Å². The van der Waals surface area contributed by atoms with Gasteiger partial charge in [0.2, 0.25) is 5.78 Å². The molecule has 0 spiro atoms. The van der Waals surface area contributed by atoms with Crippen LogP contribution in [-0.4, -0.2) is 15.6 Å². The number of ketones is 1. The number of carbonyl (C=O) groups excluding carboxylic acids is 1. The monoisotopic (exact) mass is 307 g/mol. The summed E-state index contributed by atoms with van der Waals surface area (Å²) in [6.45, 7) is 2.79. The van der Waals surface area contributed by atoms with E-state index in [2.05, 4.69) is 28.0 Å². The number of benzene rings is 1. The number of nitrogens with zero attached hydrogens (tertiary/aromatic N) is 2. The van der Waals surface area contributed by atoms with E-state index in [9.17, 15) is 4.79 Å². The van der Waals surface area contributed by atoms with Crippen LogP contribution in [0.3, 0.4) is 0 Å². The van der Waals surface area contributed by atoms with Gasteiger partial charge >= 0.3 is 0 Å². The lowest BCUT2D eigenvalue weighted by atomic mass is 10.1. The highest BCUT2D eigenvalue weighted by molar-refractivity contribution is 9.10. The summed E-state index contributed by atoms with van der Waals surface area (Å²) in [5.74, 6) is -0.0401. The molecule has 2 rings (SSSR count). The molecule has 0 radical (unpaired) electrons. The van der Waals surface area contributed by atoms with Crippen molar-refractivity contribution in [3.63, 3.8) is 0 Å². The minimum Gasteiger partial charge on any atom is -0.398 e. The van der Waals surface area contributed by atoms with Crippen molar-refractivity contribution < 1.29 is 4.79 Å². The maximum Gasteiger partial charge on any atom is 0.211 e. The highest BCUT2D eigenvalue weighted by atomic mass is 79.9. The first-order valence-corrected chi connectivity index (χ1v) is 6.54. The lowest BCUT2D eigenvalue weighted by Gasteiger charge is -2.06. The van der Waals surface area contributed by atoms with E-state index >= 15 is 0 Å². The van der Waals surface area contributed by atoms with Gasteiger partial charge in [-0.05, 0) is 46.6 Å². The average molecular weight is 308 g/mol. The van der Waals surface area contributed by atoms with Gasteiger partial charge in [-0.1, -0.05) is 6.92 Å². The Morgan fingerprint density at radius 3 is 2.89 bits per heavy atom. The molecule has 2 aromatic rings. The molecule has 1 aromatic heterocycles. The van der Waals surface area contributed by atoms with Gasteiger partial charge < -0.3 is 5.73 Å². The lowest BCUT2D eigenvalue weighted by Crippen LogP contribution is -2.11. The molecule has 18 heavy (non-hydrogen) atoms. The van der Waals surface area contributed by atoms with E-state index < -0.39 is 0 Å². The third-order valence-electron chi connectivity index (χ3n) is 2.65. The van der Waals surface area contributed by atoms with Crippen LogP contribution < -0.4 is 5.73 Å². The maximum atomic E-state index is 12.3. The van der Waals surface area contributed by atoms with Crippen LogP contribution in [0.2, 0.25) is 0 Å². The highest BCUT2D eigenvalue weighted by Crippen LogP contribution is 2.22. The average Bonchev–Trinajstić information content (AvgIpc) is 2.80. The zero-order valence-corrected chi connectivity index (χ0v) is 11.6. The topological polar surface area (TPSA) is 60.9 Å². The molecule has 0 aliphatic rings. The van der Waals surface area contributed by atoms with Gasteiger partial charge in [0.1, 0.15) is 5.69 Å². The van der Waals surface area contributed by atoms with Crippen molar-refractivity contribution in [1.29, 1.82) is 0 Å². The number of nitrogen functional groups attached to an aromatic ring is 1. The summed E-state index contributed by atoms with van der Waals surface area (Å²) in [5, 5.41) is 4.15. The number of rotatable bonds is 4. The molecular weight excluding hydrogens is 294 g/mol. The van der Waals surface area contributed by atoms with E-state index in [0.717, 1.165) is 17.4 Å². The van der Waals surface area contributed by atoms with Gasteiger partial charge in [0.15, 0.2) is 0 Å². The van der Waals surface area contributed by atoms with Gasteiger partial charge in [-0.2, -0.15) is 5.10 Å². The van der Waals surface area contributed by atoms with Crippen LogP contribution in [0.4, 0.5) is 5.69 Å². The fourth-order valence-electron chi connectivity index (χ4n) is 1.73. The largest absolute Gasteiger partial charge is 0.398 e. The van der Waals surface area contributed by atoms with Crippen molar-refractivity contribution in [3.05, 3.63) is 46.2 Å². The van der Waals surface area contributed by atoms with Crippen LogP contribution in [0.25, 0.3) is 0 Å². The molecule has 0 unspecified atom stereocenters. The van der Waals surface area contributed by atoms with Gasteiger partial charge in [-0.25, -0.2) is 0 Å². The summed E-state index contributed by atoms with van der Waals surface area (Å²) in [7, 11) is 0. The number of aromatic nitrogens is 2. The molecule has 0 aliphatic carbocycles. The summed E-state index contributed by atoms with van der Waals surface area (Å²) in [5.41, 5.74) is 7.54. The number of aryl methyl sites for hydroxylation is 1. The summed E-state index contributed by atoms with van der Waals surface area (Å²) in [4.78, 5) is 12.3. The van der Waals surface area contributed by atoms with Crippen LogP contribution in [-0.2, 0) is 6.54 Å². The molecule has 94 valence electrons. The Morgan fingerprint density at radius 2 is 2.22 bits per heavy atom. The normalized spacial score (nSPS) is 10.6. The molecule has 0 amide bonds. The molecule has 2 N–H and O–H groups in total. The molecule has 4 nitrogen and oxygen atoms in total. The van der Waals surface area contributed by atoms with Gasteiger partial charge in [0, 0.05) is 28.5 Å². The van der Waals surface area contributed by atoms with Crippen LogP contribution in [0.15, 0.2) is 34.9 Å². The molecule has 0 saturated heterocycles. The van der Waals surface area contributed by atoms with Gasteiger partial charge in [0.05, 0.1) is 0 Å². The predicted molar refractivity (Wildman–Crippen MR) is 74.5 cm³/mol. The lowest BCUT2D eigenvalue weighted by molar-refractivity contribution is 0.102. The molecule has 0 saturated carbocycles. The van der Waals surface area contributed by atoms with Crippen molar-refractivity contribution >= 4 is 27.4 Å². The van der Waals surface area contributed by atoms with Crippen molar-refractivity contribution in [1.82, 2.24) is 9.78 Å². The first kappa shape index (κ1) is 12.8. The first-order valence-electron chi connectivity index (χ1n) is 5.75. The Kier molecular flexibility index (Phi) is 3.81. The standard InChI is InChI=1S/C13H14BrN3O/c1-2-7-17-12(5-6-16-17)13(18)9-3-4-11(15)10(14)8-9/h3-6,8H,2,7,15H2,1H3. The number of anilines is 1. The molecule has 0 bridgehead atoms. The van der Waals surface area contributed by atoms with E-state index in [0.29, 0.717) is 16.9 Å². The molecule has 0 fully saturated rings. The SMILES string of the molecule is CCCn1nccc1C(=O)c1ccc(N)c(Br)c1. The highest BCUT2D eigenvalue weighted by Gasteiger charge is 2.14. The maximum absolute atomic E-state index is 12.3. The van der Waals surface area contributed by atoms with Gasteiger partial charge in [0.25, 0.3) is 0 Å². The van der Waals surface area contributed by atoms with Gasteiger partial charge in [-0.15, -0.1) is 0 Å². The number of halogens is 1. The Morgan fingerprint density at radius 1 is 1.44 bits per heavy atom. The molecule has 0 aliphatic heterocycles. The van der Waals surface area contributed by atoms with Crippen LogP contribution in [0.5, 0.6) is 0 Å². The number of nitrogens with two attached hydrogens (primary N) is 1. The molecular formula is C13H14BrN3O. The quantitative estimate of drug-likeness (QED) is 0.698. The summed E-state index contributed by atoms with van der Waals surface area (Å²) < 4.78 is 2.46. The second-order valence-electron chi connectivity index (χ2n) is 4.01. The van der Waals surface area contributed by atoms with E-state index in [-0.39, 0.29) is 5.78 Å². The third kappa shape index (κ3) is 2.46. The Labute approximate surface area is 114 Å². The fourth-order valence-corrected chi connectivity index (χ4v) is 2.11. The van der Waals surface area contributed by atoms with Crippen LogP contribution in [0.1, 0.15) is 29.4 Å². The second kappa shape index (κ2) is 5.35. The minimum absolute atomic E-state index is 0.0401. The fraction of sp³-hybridized carbons (Fsp3) is 0.231. The van der Waals surface area contributed by atoms with Gasteiger partial charge in [-0.3, -0.25) is 9.48 Å². The van der Waals surface area contributed by atoms with E-state index in [1.165, 1.54) is 0 Å². The second-order valence-corrected chi connectivity index (χ2v) is 4.86. The number of hydrogen-bond acceptors (Lipinski definition) is 3. The molecule has 1 heterocycles. The Bertz CT molecular complexity index is 577. The van der Waals surface area contributed by atoms with E-state index in [4.69, 9.17) is 5.73 Å². The minimum atomic E-state index is -0.0401. The van der Waals surface area contributed by atoms with Crippen molar-refractivity contribution in [2.24, 2.45) is 0 Å². The molecule has 5 heteroatoms. The first-order chi connectivity index (χ1) is 8.63. The van der Waals surface area contributed by atoms with Crippen LogP contribution in [0, 0.1) is 0 Å².